The highest BCUT2D eigenvalue weighted by molar-refractivity contribution is 7.13. The lowest BCUT2D eigenvalue weighted by Gasteiger charge is -2.09. The molecule has 4 nitrogen and oxygen atoms in total. The third kappa shape index (κ3) is 2.87. The van der Waals surface area contributed by atoms with Crippen molar-refractivity contribution >= 4 is 17.6 Å². The number of carbonyl (C=O) groups is 1. The number of aldehydes is 1. The second-order valence-corrected chi connectivity index (χ2v) is 4.86. The highest BCUT2D eigenvalue weighted by Gasteiger charge is 2.06. The average Bonchev–Trinajstić information content (AvgIpc) is 2.85. The molecule has 0 aliphatic rings. The summed E-state index contributed by atoms with van der Waals surface area (Å²) in [4.78, 5) is 15.2. The Bertz CT molecular complexity index is 551. The summed E-state index contributed by atoms with van der Waals surface area (Å²) in [5, 5.41) is 0.764. The van der Waals surface area contributed by atoms with E-state index in [0.29, 0.717) is 23.0 Å². The van der Waals surface area contributed by atoms with E-state index >= 15 is 0 Å². The number of benzene rings is 1. The van der Waals surface area contributed by atoms with E-state index < -0.39 is 0 Å². The number of rotatable bonds is 5. The van der Waals surface area contributed by atoms with Gasteiger partial charge < -0.3 is 9.47 Å². The van der Waals surface area contributed by atoms with Crippen LogP contribution in [0, 0.1) is 6.92 Å². The van der Waals surface area contributed by atoms with Crippen molar-refractivity contribution in [3.63, 3.8) is 0 Å². The van der Waals surface area contributed by atoms with Crippen LogP contribution in [-0.4, -0.2) is 18.4 Å². The second kappa shape index (κ2) is 5.64. The number of hydrogen-bond acceptors (Lipinski definition) is 5. The van der Waals surface area contributed by atoms with Crippen LogP contribution in [0.5, 0.6) is 11.5 Å². The molecule has 1 aromatic heterocycles. The molecule has 0 saturated heterocycles. The summed E-state index contributed by atoms with van der Waals surface area (Å²) in [7, 11) is 1.61. The maximum Gasteiger partial charge on any atom is 0.161 e. The van der Waals surface area contributed by atoms with Gasteiger partial charge in [-0.25, -0.2) is 4.98 Å². The monoisotopic (exact) mass is 263 g/mol. The van der Waals surface area contributed by atoms with Crippen LogP contribution < -0.4 is 9.47 Å². The summed E-state index contributed by atoms with van der Waals surface area (Å²) in [5.74, 6) is 1.37. The number of hydrogen-bond donors (Lipinski definition) is 0. The highest BCUT2D eigenvalue weighted by atomic mass is 32.1. The molecule has 0 bridgehead atoms. The highest BCUT2D eigenvalue weighted by Crippen LogP contribution is 2.28. The quantitative estimate of drug-likeness (QED) is 0.778. The first-order chi connectivity index (χ1) is 8.72. The van der Waals surface area contributed by atoms with E-state index in [1.165, 1.54) is 11.3 Å². The molecule has 0 fully saturated rings. The van der Waals surface area contributed by atoms with Crippen LogP contribution >= 0.6 is 11.3 Å². The van der Waals surface area contributed by atoms with Crippen molar-refractivity contribution in [2.24, 2.45) is 0 Å². The van der Waals surface area contributed by atoms with Crippen molar-refractivity contribution in [2.45, 2.75) is 13.5 Å². The lowest BCUT2D eigenvalue weighted by Crippen LogP contribution is -1.97. The molecule has 0 unspecified atom stereocenters. The topological polar surface area (TPSA) is 48.4 Å². The normalized spacial score (nSPS) is 10.1. The van der Waals surface area contributed by atoms with Gasteiger partial charge in [0, 0.05) is 6.20 Å². The molecule has 94 valence electrons. The van der Waals surface area contributed by atoms with Gasteiger partial charge in [0.1, 0.15) is 11.6 Å². The molecule has 1 aromatic carbocycles. The Labute approximate surface area is 109 Å². The van der Waals surface area contributed by atoms with Gasteiger partial charge in [0.15, 0.2) is 17.8 Å². The third-order valence-corrected chi connectivity index (χ3v) is 3.25. The molecule has 0 radical (unpaired) electrons. The Morgan fingerprint density at radius 3 is 2.89 bits per heavy atom. The van der Waals surface area contributed by atoms with Crippen LogP contribution in [0.1, 0.15) is 20.2 Å². The molecule has 2 rings (SSSR count). The van der Waals surface area contributed by atoms with E-state index in [0.717, 1.165) is 16.9 Å². The molecule has 2 aromatic rings. The Morgan fingerprint density at radius 2 is 2.22 bits per heavy atom. The van der Waals surface area contributed by atoms with Crippen LogP contribution in [0.25, 0.3) is 0 Å². The maximum atomic E-state index is 10.5. The minimum Gasteiger partial charge on any atom is -0.493 e. The van der Waals surface area contributed by atoms with Gasteiger partial charge in [-0.2, -0.15) is 0 Å². The van der Waals surface area contributed by atoms with Gasteiger partial charge in [-0.1, -0.05) is 6.07 Å². The van der Waals surface area contributed by atoms with E-state index in [9.17, 15) is 4.79 Å². The van der Waals surface area contributed by atoms with Gasteiger partial charge >= 0.3 is 0 Å². The first-order valence-corrected chi connectivity index (χ1v) is 6.22. The van der Waals surface area contributed by atoms with Crippen molar-refractivity contribution in [1.29, 1.82) is 0 Å². The SMILES string of the molecule is COc1cc(C)ccc1OCc1ncc(C=O)s1. The summed E-state index contributed by atoms with van der Waals surface area (Å²) in [6.45, 7) is 2.32. The molecule has 5 heteroatoms. The molecule has 0 N–H and O–H groups in total. The fourth-order valence-corrected chi connectivity index (χ4v) is 2.13. The molecule has 0 atom stereocenters. The standard InChI is InChI=1S/C13H13NO3S/c1-9-3-4-11(12(5-9)16-2)17-8-13-14-6-10(7-15)18-13/h3-7H,8H2,1-2H3. The predicted molar refractivity (Wildman–Crippen MR) is 69.6 cm³/mol. The van der Waals surface area contributed by atoms with Crippen molar-refractivity contribution in [3.8, 4) is 11.5 Å². The average molecular weight is 263 g/mol. The molecular formula is C13H13NO3S. The second-order valence-electron chi connectivity index (χ2n) is 3.72. The number of methoxy groups -OCH3 is 1. The predicted octanol–water partition coefficient (Wildman–Crippen LogP) is 2.85. The zero-order valence-corrected chi connectivity index (χ0v) is 11.0. The van der Waals surface area contributed by atoms with Crippen LogP contribution in [0.2, 0.25) is 0 Å². The third-order valence-electron chi connectivity index (χ3n) is 2.36. The van der Waals surface area contributed by atoms with Crippen molar-refractivity contribution in [2.75, 3.05) is 7.11 Å². The lowest BCUT2D eigenvalue weighted by atomic mass is 10.2. The maximum absolute atomic E-state index is 10.5. The van der Waals surface area contributed by atoms with Crippen LogP contribution in [0.4, 0.5) is 0 Å². The number of aromatic nitrogens is 1. The summed E-state index contributed by atoms with van der Waals surface area (Å²) >= 11 is 1.32. The first kappa shape index (κ1) is 12.6. The minimum absolute atomic E-state index is 0.331. The first-order valence-electron chi connectivity index (χ1n) is 5.40. The molecule has 0 aliphatic heterocycles. The minimum atomic E-state index is 0.331. The molecule has 18 heavy (non-hydrogen) atoms. The van der Waals surface area contributed by atoms with Gasteiger partial charge in [-0.15, -0.1) is 11.3 Å². The Morgan fingerprint density at radius 1 is 1.39 bits per heavy atom. The van der Waals surface area contributed by atoms with Crippen LogP contribution in [-0.2, 0) is 6.61 Å². The Kier molecular flexibility index (Phi) is 3.94. The van der Waals surface area contributed by atoms with Crippen molar-refractivity contribution in [1.82, 2.24) is 4.98 Å². The van der Waals surface area contributed by atoms with E-state index in [1.807, 2.05) is 25.1 Å². The summed E-state index contributed by atoms with van der Waals surface area (Å²) in [6, 6.07) is 5.73. The fourth-order valence-electron chi connectivity index (χ4n) is 1.48. The van der Waals surface area contributed by atoms with E-state index in [2.05, 4.69) is 4.98 Å². The summed E-state index contributed by atoms with van der Waals surface area (Å²) in [6.07, 6.45) is 2.33. The Balaban J connectivity index is 2.07. The van der Waals surface area contributed by atoms with Gasteiger partial charge in [-0.3, -0.25) is 4.79 Å². The molecule has 0 saturated carbocycles. The molecule has 0 aliphatic carbocycles. The molecular weight excluding hydrogens is 250 g/mol. The van der Waals surface area contributed by atoms with Crippen molar-refractivity contribution < 1.29 is 14.3 Å². The van der Waals surface area contributed by atoms with Gasteiger partial charge in [0.25, 0.3) is 0 Å². The van der Waals surface area contributed by atoms with E-state index in [4.69, 9.17) is 9.47 Å². The number of aryl methyl sites for hydroxylation is 1. The molecule has 1 heterocycles. The van der Waals surface area contributed by atoms with Gasteiger partial charge in [0.2, 0.25) is 0 Å². The fraction of sp³-hybridized carbons (Fsp3) is 0.231. The lowest BCUT2D eigenvalue weighted by molar-refractivity contribution is 0.112. The molecule has 0 spiro atoms. The number of thiazole rings is 1. The zero-order valence-electron chi connectivity index (χ0n) is 10.2. The van der Waals surface area contributed by atoms with Gasteiger partial charge in [-0.05, 0) is 24.6 Å². The number of ether oxygens (including phenoxy) is 2. The Hall–Kier alpha value is -1.88. The summed E-state index contributed by atoms with van der Waals surface area (Å²) in [5.41, 5.74) is 1.11. The van der Waals surface area contributed by atoms with E-state index in [-0.39, 0.29) is 0 Å². The number of nitrogens with zero attached hydrogens (tertiary/aromatic N) is 1. The van der Waals surface area contributed by atoms with E-state index in [1.54, 1.807) is 13.3 Å². The van der Waals surface area contributed by atoms with Crippen molar-refractivity contribution in [3.05, 3.63) is 39.8 Å². The summed E-state index contributed by atoms with van der Waals surface area (Å²) < 4.78 is 10.9. The van der Waals surface area contributed by atoms with Crippen LogP contribution in [0.3, 0.4) is 0 Å². The van der Waals surface area contributed by atoms with Crippen LogP contribution in [0.15, 0.2) is 24.4 Å². The zero-order chi connectivity index (χ0) is 13.0. The number of carbonyl (C=O) groups excluding carboxylic acids is 1. The molecule has 0 amide bonds. The van der Waals surface area contributed by atoms with Gasteiger partial charge in [0.05, 0.1) is 12.0 Å². The smallest absolute Gasteiger partial charge is 0.161 e. The largest absolute Gasteiger partial charge is 0.493 e.